The van der Waals surface area contributed by atoms with Crippen molar-refractivity contribution < 1.29 is 9.59 Å². The maximum atomic E-state index is 12.0. The Labute approximate surface area is 119 Å². The van der Waals surface area contributed by atoms with E-state index < -0.39 is 0 Å². The van der Waals surface area contributed by atoms with Gasteiger partial charge in [0.1, 0.15) is 0 Å². The van der Waals surface area contributed by atoms with E-state index >= 15 is 0 Å². The van der Waals surface area contributed by atoms with E-state index in [1.54, 1.807) is 32.3 Å². The van der Waals surface area contributed by atoms with Crippen molar-refractivity contribution in [3.63, 3.8) is 0 Å². The molecular formula is C15H21N3O2. The third-order valence-electron chi connectivity index (χ3n) is 2.85. The maximum absolute atomic E-state index is 12.0. The number of likely N-dealkylation sites (N-methyl/N-ethyl adjacent to an activating group) is 2. The molecule has 108 valence electrons. The Morgan fingerprint density at radius 2 is 2.00 bits per heavy atom. The number of nitrogen functional groups attached to an aromatic ring is 1. The van der Waals surface area contributed by atoms with Crippen LogP contribution < -0.4 is 5.73 Å². The van der Waals surface area contributed by atoms with E-state index in [-0.39, 0.29) is 18.4 Å². The first-order valence-corrected chi connectivity index (χ1v) is 6.46. The second-order valence-corrected chi connectivity index (χ2v) is 4.64. The highest BCUT2D eigenvalue weighted by Crippen LogP contribution is 2.08. The van der Waals surface area contributed by atoms with E-state index in [0.717, 1.165) is 5.56 Å². The summed E-state index contributed by atoms with van der Waals surface area (Å²) in [5.74, 6) is -0.289. The molecule has 1 aromatic carbocycles. The lowest BCUT2D eigenvalue weighted by Crippen LogP contribution is -2.39. The number of hydrogen-bond acceptors (Lipinski definition) is 3. The standard InChI is InChI=1S/C15H21N3O2/c1-4-18(11-15(20)17(2)3)14(19)9-8-12-6-5-7-13(16)10-12/h5-10H,4,11,16H2,1-3H3/b9-8+. The molecule has 20 heavy (non-hydrogen) atoms. The third kappa shape index (κ3) is 4.76. The molecule has 0 aliphatic heterocycles. The van der Waals surface area contributed by atoms with Gasteiger partial charge in [-0.15, -0.1) is 0 Å². The van der Waals surface area contributed by atoms with E-state index in [9.17, 15) is 9.59 Å². The molecule has 0 radical (unpaired) electrons. The number of carbonyl (C=O) groups is 2. The normalized spacial score (nSPS) is 10.6. The van der Waals surface area contributed by atoms with Crippen molar-refractivity contribution >= 4 is 23.6 Å². The molecule has 2 amide bonds. The monoisotopic (exact) mass is 275 g/mol. The lowest BCUT2D eigenvalue weighted by Gasteiger charge is -2.20. The topological polar surface area (TPSA) is 66.6 Å². The van der Waals surface area contributed by atoms with Gasteiger partial charge in [-0.05, 0) is 30.7 Å². The Hall–Kier alpha value is -2.30. The summed E-state index contributed by atoms with van der Waals surface area (Å²) in [6.45, 7) is 2.42. The number of carbonyl (C=O) groups excluding carboxylic acids is 2. The zero-order valence-corrected chi connectivity index (χ0v) is 12.2. The van der Waals surface area contributed by atoms with Crippen LogP contribution in [0.1, 0.15) is 12.5 Å². The van der Waals surface area contributed by atoms with Crippen LogP contribution in [0.25, 0.3) is 6.08 Å². The number of anilines is 1. The summed E-state index contributed by atoms with van der Waals surface area (Å²) in [6, 6.07) is 7.26. The molecule has 0 fully saturated rings. The van der Waals surface area contributed by atoms with Crippen LogP contribution in [0.2, 0.25) is 0 Å². The second-order valence-electron chi connectivity index (χ2n) is 4.64. The van der Waals surface area contributed by atoms with Gasteiger partial charge in [0.15, 0.2) is 0 Å². The molecule has 0 saturated heterocycles. The quantitative estimate of drug-likeness (QED) is 0.649. The third-order valence-corrected chi connectivity index (χ3v) is 2.85. The zero-order chi connectivity index (χ0) is 15.1. The molecule has 1 rings (SSSR count). The number of rotatable bonds is 5. The Morgan fingerprint density at radius 1 is 1.30 bits per heavy atom. The van der Waals surface area contributed by atoms with E-state index in [2.05, 4.69) is 0 Å². The van der Waals surface area contributed by atoms with Gasteiger partial charge < -0.3 is 15.5 Å². The Balaban J connectivity index is 2.70. The molecule has 0 bridgehead atoms. The smallest absolute Gasteiger partial charge is 0.247 e. The molecular weight excluding hydrogens is 254 g/mol. The molecule has 0 unspecified atom stereocenters. The van der Waals surface area contributed by atoms with Crippen LogP contribution in [0, 0.1) is 0 Å². The molecule has 0 heterocycles. The lowest BCUT2D eigenvalue weighted by molar-refractivity contribution is -0.136. The summed E-state index contributed by atoms with van der Waals surface area (Å²) in [6.07, 6.45) is 3.16. The highest BCUT2D eigenvalue weighted by Gasteiger charge is 2.14. The maximum Gasteiger partial charge on any atom is 0.247 e. The summed E-state index contributed by atoms with van der Waals surface area (Å²) >= 11 is 0. The Kier molecular flexibility index (Phi) is 5.77. The summed E-state index contributed by atoms with van der Waals surface area (Å²) in [7, 11) is 3.34. The molecule has 0 atom stereocenters. The largest absolute Gasteiger partial charge is 0.399 e. The minimum atomic E-state index is -0.190. The second kappa shape index (κ2) is 7.33. The molecule has 0 aliphatic rings. The Morgan fingerprint density at radius 3 is 2.55 bits per heavy atom. The first-order chi connectivity index (χ1) is 9.43. The van der Waals surface area contributed by atoms with Crippen molar-refractivity contribution in [3.8, 4) is 0 Å². The van der Waals surface area contributed by atoms with Crippen LogP contribution >= 0.6 is 0 Å². The van der Waals surface area contributed by atoms with E-state index in [0.29, 0.717) is 12.2 Å². The van der Waals surface area contributed by atoms with Gasteiger partial charge in [0, 0.05) is 32.4 Å². The van der Waals surface area contributed by atoms with Crippen LogP contribution in [-0.2, 0) is 9.59 Å². The fourth-order valence-corrected chi connectivity index (χ4v) is 1.59. The number of hydrogen-bond donors (Lipinski definition) is 1. The molecule has 0 saturated carbocycles. The average molecular weight is 275 g/mol. The van der Waals surface area contributed by atoms with Crippen LogP contribution in [0.15, 0.2) is 30.3 Å². The summed E-state index contributed by atoms with van der Waals surface area (Å²) < 4.78 is 0. The van der Waals surface area contributed by atoms with Crippen molar-refractivity contribution in [2.45, 2.75) is 6.92 Å². The summed E-state index contributed by atoms with van der Waals surface area (Å²) in [4.78, 5) is 26.6. The van der Waals surface area contributed by atoms with Gasteiger partial charge in [-0.3, -0.25) is 9.59 Å². The van der Waals surface area contributed by atoms with Gasteiger partial charge in [0.2, 0.25) is 11.8 Å². The first-order valence-electron chi connectivity index (χ1n) is 6.46. The number of amides is 2. The highest BCUT2D eigenvalue weighted by atomic mass is 16.2. The van der Waals surface area contributed by atoms with E-state index in [1.165, 1.54) is 15.9 Å². The molecule has 2 N–H and O–H groups in total. The SMILES string of the molecule is CCN(CC(=O)N(C)C)C(=O)/C=C/c1cccc(N)c1. The van der Waals surface area contributed by atoms with Crippen molar-refractivity contribution in [1.82, 2.24) is 9.80 Å². The minimum absolute atomic E-state index is 0.0869. The van der Waals surface area contributed by atoms with Gasteiger partial charge in [0.05, 0.1) is 6.54 Å². The predicted molar refractivity (Wildman–Crippen MR) is 80.8 cm³/mol. The average Bonchev–Trinajstić information content (AvgIpc) is 2.41. The molecule has 0 aromatic heterocycles. The molecule has 0 spiro atoms. The van der Waals surface area contributed by atoms with E-state index in [1.807, 2.05) is 19.1 Å². The van der Waals surface area contributed by atoms with Gasteiger partial charge in [0.25, 0.3) is 0 Å². The van der Waals surface area contributed by atoms with Gasteiger partial charge in [-0.1, -0.05) is 12.1 Å². The van der Waals surface area contributed by atoms with Crippen molar-refractivity contribution in [3.05, 3.63) is 35.9 Å². The number of nitrogens with zero attached hydrogens (tertiary/aromatic N) is 2. The van der Waals surface area contributed by atoms with Gasteiger partial charge in [-0.2, -0.15) is 0 Å². The van der Waals surface area contributed by atoms with Gasteiger partial charge >= 0.3 is 0 Å². The van der Waals surface area contributed by atoms with E-state index in [4.69, 9.17) is 5.73 Å². The molecule has 0 aliphatic carbocycles. The molecule has 5 nitrogen and oxygen atoms in total. The predicted octanol–water partition coefficient (Wildman–Crippen LogP) is 1.22. The molecule has 1 aromatic rings. The van der Waals surface area contributed by atoms with Crippen molar-refractivity contribution in [2.24, 2.45) is 0 Å². The fourth-order valence-electron chi connectivity index (χ4n) is 1.59. The van der Waals surface area contributed by atoms with Crippen LogP contribution in [0.3, 0.4) is 0 Å². The van der Waals surface area contributed by atoms with Gasteiger partial charge in [-0.25, -0.2) is 0 Å². The number of benzene rings is 1. The van der Waals surface area contributed by atoms with Crippen LogP contribution in [-0.4, -0.2) is 48.8 Å². The summed E-state index contributed by atoms with van der Waals surface area (Å²) in [5, 5.41) is 0. The highest BCUT2D eigenvalue weighted by molar-refractivity contribution is 5.94. The van der Waals surface area contributed by atoms with Crippen LogP contribution in [0.5, 0.6) is 0 Å². The van der Waals surface area contributed by atoms with Crippen molar-refractivity contribution in [2.75, 3.05) is 32.9 Å². The Bertz CT molecular complexity index is 510. The van der Waals surface area contributed by atoms with Crippen LogP contribution in [0.4, 0.5) is 5.69 Å². The fraction of sp³-hybridized carbons (Fsp3) is 0.333. The zero-order valence-electron chi connectivity index (χ0n) is 12.2. The molecule has 5 heteroatoms. The van der Waals surface area contributed by atoms with Crippen molar-refractivity contribution in [1.29, 1.82) is 0 Å². The summed E-state index contributed by atoms with van der Waals surface area (Å²) in [5.41, 5.74) is 7.17. The number of nitrogens with two attached hydrogens (primary N) is 1. The lowest BCUT2D eigenvalue weighted by atomic mass is 10.2. The first kappa shape index (κ1) is 15.8. The minimum Gasteiger partial charge on any atom is -0.399 e.